The summed E-state index contributed by atoms with van der Waals surface area (Å²) < 4.78 is 10.2. The third-order valence-electron chi connectivity index (χ3n) is 3.65. The van der Waals surface area contributed by atoms with Crippen molar-refractivity contribution in [1.29, 1.82) is 0 Å². The molecule has 0 fully saturated rings. The molecule has 0 unspecified atom stereocenters. The molecule has 122 valence electrons. The van der Waals surface area contributed by atoms with Crippen molar-refractivity contribution in [3.05, 3.63) is 59.5 Å². The fourth-order valence-electron chi connectivity index (χ4n) is 2.38. The van der Waals surface area contributed by atoms with Gasteiger partial charge in [0.25, 0.3) is 5.91 Å². The Hall–Kier alpha value is -3.15. The molecular formula is C18H16N2O4. The van der Waals surface area contributed by atoms with Gasteiger partial charge in [-0.1, -0.05) is 18.2 Å². The van der Waals surface area contributed by atoms with E-state index in [4.69, 9.17) is 9.15 Å². The Balaban J connectivity index is 1.62. The van der Waals surface area contributed by atoms with Gasteiger partial charge in [0.05, 0.1) is 5.56 Å². The minimum Gasteiger partial charge on any atom is -0.452 e. The van der Waals surface area contributed by atoms with E-state index in [2.05, 4.69) is 10.3 Å². The number of amides is 1. The largest absolute Gasteiger partial charge is 0.452 e. The van der Waals surface area contributed by atoms with Crippen LogP contribution in [0.15, 0.2) is 47.2 Å². The molecule has 0 radical (unpaired) electrons. The summed E-state index contributed by atoms with van der Waals surface area (Å²) in [6.07, 6.45) is 1.30. The molecule has 0 saturated heterocycles. The van der Waals surface area contributed by atoms with Gasteiger partial charge in [0, 0.05) is 5.69 Å². The predicted molar refractivity (Wildman–Crippen MR) is 88.8 cm³/mol. The molecule has 6 nitrogen and oxygen atoms in total. The number of hydrogen-bond donors (Lipinski definition) is 1. The highest BCUT2D eigenvalue weighted by atomic mass is 16.5. The number of rotatable bonds is 4. The average molecular weight is 324 g/mol. The fraction of sp³-hybridized carbons (Fsp3) is 0.167. The van der Waals surface area contributed by atoms with E-state index in [0.717, 1.165) is 16.8 Å². The number of esters is 1. The van der Waals surface area contributed by atoms with Gasteiger partial charge in [0.2, 0.25) is 0 Å². The van der Waals surface area contributed by atoms with Crippen molar-refractivity contribution in [3.63, 3.8) is 0 Å². The second-order valence-corrected chi connectivity index (χ2v) is 5.43. The molecule has 0 atom stereocenters. The Bertz CT molecular complexity index is 894. The number of aryl methyl sites for hydroxylation is 2. The lowest BCUT2D eigenvalue weighted by molar-refractivity contribution is -0.119. The number of ether oxygens (including phenoxy) is 1. The van der Waals surface area contributed by atoms with Gasteiger partial charge in [-0.15, -0.1) is 0 Å². The Morgan fingerprint density at radius 3 is 2.67 bits per heavy atom. The van der Waals surface area contributed by atoms with Crippen LogP contribution in [0.3, 0.4) is 0 Å². The quantitative estimate of drug-likeness (QED) is 0.745. The molecule has 0 aliphatic carbocycles. The predicted octanol–water partition coefficient (Wildman–Crippen LogP) is 3.24. The minimum absolute atomic E-state index is 0.305. The van der Waals surface area contributed by atoms with Crippen LogP contribution in [-0.2, 0) is 9.53 Å². The summed E-state index contributed by atoms with van der Waals surface area (Å²) in [5.41, 5.74) is 4.08. The molecule has 0 aliphatic heterocycles. The van der Waals surface area contributed by atoms with E-state index in [-0.39, 0.29) is 12.5 Å². The Kier molecular flexibility index (Phi) is 4.29. The van der Waals surface area contributed by atoms with E-state index in [1.165, 1.54) is 12.5 Å². The average Bonchev–Trinajstić information content (AvgIpc) is 3.03. The maximum absolute atomic E-state index is 12.0. The van der Waals surface area contributed by atoms with Crippen LogP contribution in [0.2, 0.25) is 0 Å². The van der Waals surface area contributed by atoms with Gasteiger partial charge in [-0.3, -0.25) is 4.79 Å². The molecule has 6 heteroatoms. The van der Waals surface area contributed by atoms with E-state index in [1.807, 2.05) is 32.0 Å². The van der Waals surface area contributed by atoms with Crippen LogP contribution < -0.4 is 5.32 Å². The number of nitrogens with zero attached hydrogens (tertiary/aromatic N) is 1. The molecule has 1 aromatic heterocycles. The molecule has 0 spiro atoms. The Morgan fingerprint density at radius 2 is 1.92 bits per heavy atom. The SMILES string of the molecule is Cc1cccc(C)c1NC(=O)COC(=O)c1ccc2ncoc2c1. The van der Waals surface area contributed by atoms with Crippen LogP contribution in [0.5, 0.6) is 0 Å². The third kappa shape index (κ3) is 3.27. The van der Waals surface area contributed by atoms with Crippen molar-refractivity contribution in [2.75, 3.05) is 11.9 Å². The molecule has 2 aromatic carbocycles. The first-order valence-corrected chi connectivity index (χ1v) is 7.41. The van der Waals surface area contributed by atoms with E-state index in [0.29, 0.717) is 16.7 Å². The lowest BCUT2D eigenvalue weighted by Gasteiger charge is -2.11. The van der Waals surface area contributed by atoms with Gasteiger partial charge in [0.1, 0.15) is 5.52 Å². The molecule has 0 aliphatic rings. The monoisotopic (exact) mass is 324 g/mol. The van der Waals surface area contributed by atoms with Crippen LogP contribution in [0, 0.1) is 13.8 Å². The number of nitrogens with one attached hydrogen (secondary N) is 1. The van der Waals surface area contributed by atoms with E-state index < -0.39 is 5.97 Å². The molecule has 3 aromatic rings. The second-order valence-electron chi connectivity index (χ2n) is 5.43. The van der Waals surface area contributed by atoms with Crippen molar-refractivity contribution < 1.29 is 18.7 Å². The lowest BCUT2D eigenvalue weighted by atomic mass is 10.1. The number of aromatic nitrogens is 1. The standard InChI is InChI=1S/C18H16N2O4/c1-11-4-3-5-12(2)17(11)20-16(21)9-23-18(22)13-6-7-14-15(8-13)24-10-19-14/h3-8,10H,9H2,1-2H3,(H,20,21). The number of benzene rings is 2. The maximum atomic E-state index is 12.0. The van der Waals surface area contributed by atoms with Crippen molar-refractivity contribution >= 4 is 28.7 Å². The number of carbonyl (C=O) groups is 2. The molecule has 0 saturated carbocycles. The Labute approximate surface area is 138 Å². The van der Waals surface area contributed by atoms with Gasteiger partial charge < -0.3 is 14.5 Å². The number of fused-ring (bicyclic) bond motifs is 1. The summed E-state index contributed by atoms with van der Waals surface area (Å²) in [6, 6.07) is 10.5. The zero-order valence-electron chi connectivity index (χ0n) is 13.3. The second kappa shape index (κ2) is 6.54. The van der Waals surface area contributed by atoms with Gasteiger partial charge in [-0.05, 0) is 43.2 Å². The van der Waals surface area contributed by atoms with Crippen molar-refractivity contribution in [3.8, 4) is 0 Å². The van der Waals surface area contributed by atoms with Gasteiger partial charge in [-0.2, -0.15) is 0 Å². The number of hydrogen-bond acceptors (Lipinski definition) is 5. The normalized spacial score (nSPS) is 10.6. The van der Waals surface area contributed by atoms with E-state index >= 15 is 0 Å². The third-order valence-corrected chi connectivity index (χ3v) is 3.65. The summed E-state index contributed by atoms with van der Waals surface area (Å²) in [4.78, 5) is 28.0. The first-order valence-electron chi connectivity index (χ1n) is 7.41. The molecule has 3 rings (SSSR count). The number of anilines is 1. The number of oxazole rings is 1. The van der Waals surface area contributed by atoms with Crippen LogP contribution in [-0.4, -0.2) is 23.5 Å². The first-order chi connectivity index (χ1) is 11.5. The molecular weight excluding hydrogens is 308 g/mol. The first kappa shape index (κ1) is 15.7. The smallest absolute Gasteiger partial charge is 0.338 e. The summed E-state index contributed by atoms with van der Waals surface area (Å²) >= 11 is 0. The van der Waals surface area contributed by atoms with Crippen molar-refractivity contribution in [1.82, 2.24) is 4.98 Å². The van der Waals surface area contributed by atoms with Crippen LogP contribution in [0.25, 0.3) is 11.1 Å². The molecule has 1 N–H and O–H groups in total. The van der Waals surface area contributed by atoms with Crippen molar-refractivity contribution in [2.45, 2.75) is 13.8 Å². The highest BCUT2D eigenvalue weighted by Crippen LogP contribution is 2.19. The summed E-state index contributed by atoms with van der Waals surface area (Å²) in [7, 11) is 0. The molecule has 0 bridgehead atoms. The number of carbonyl (C=O) groups excluding carboxylic acids is 2. The Morgan fingerprint density at radius 1 is 1.17 bits per heavy atom. The molecule has 24 heavy (non-hydrogen) atoms. The van der Waals surface area contributed by atoms with Gasteiger partial charge in [0.15, 0.2) is 18.6 Å². The van der Waals surface area contributed by atoms with Crippen LogP contribution >= 0.6 is 0 Å². The van der Waals surface area contributed by atoms with E-state index in [9.17, 15) is 9.59 Å². The van der Waals surface area contributed by atoms with Crippen LogP contribution in [0.4, 0.5) is 5.69 Å². The van der Waals surface area contributed by atoms with Crippen LogP contribution in [0.1, 0.15) is 21.5 Å². The van der Waals surface area contributed by atoms with Gasteiger partial charge >= 0.3 is 5.97 Å². The molecule has 1 heterocycles. The highest BCUT2D eigenvalue weighted by Gasteiger charge is 2.13. The highest BCUT2D eigenvalue weighted by molar-refractivity contribution is 5.97. The zero-order chi connectivity index (χ0) is 17.1. The number of para-hydroxylation sites is 1. The molecule has 1 amide bonds. The minimum atomic E-state index is -0.593. The summed E-state index contributed by atoms with van der Waals surface area (Å²) in [5, 5.41) is 2.77. The summed E-state index contributed by atoms with van der Waals surface area (Å²) in [6.45, 7) is 3.45. The van der Waals surface area contributed by atoms with Gasteiger partial charge in [-0.25, -0.2) is 9.78 Å². The van der Waals surface area contributed by atoms with E-state index in [1.54, 1.807) is 12.1 Å². The maximum Gasteiger partial charge on any atom is 0.338 e. The van der Waals surface area contributed by atoms with Crippen molar-refractivity contribution in [2.24, 2.45) is 0 Å². The summed E-state index contributed by atoms with van der Waals surface area (Å²) in [5.74, 6) is -0.980. The fourth-order valence-corrected chi connectivity index (χ4v) is 2.38. The zero-order valence-corrected chi connectivity index (χ0v) is 13.3. The topological polar surface area (TPSA) is 81.4 Å². The lowest BCUT2D eigenvalue weighted by Crippen LogP contribution is -2.21.